The van der Waals surface area contributed by atoms with Gasteiger partial charge in [-0.1, -0.05) is 18.6 Å². The lowest BCUT2D eigenvalue weighted by molar-refractivity contribution is 0.1000. The molecule has 0 spiro atoms. The number of aromatic amines is 1. The van der Waals surface area contributed by atoms with E-state index in [1.807, 2.05) is 12.1 Å². The number of rotatable bonds is 4. The lowest BCUT2D eigenvalue weighted by Gasteiger charge is -2.34. The van der Waals surface area contributed by atoms with Crippen LogP contribution in [0.15, 0.2) is 30.6 Å². The molecule has 110 valence electrons. The van der Waals surface area contributed by atoms with Gasteiger partial charge in [-0.3, -0.25) is 14.8 Å². The smallest absolute Gasteiger partial charge is 0.248 e. The quantitative estimate of drug-likeness (QED) is 0.893. The summed E-state index contributed by atoms with van der Waals surface area (Å²) in [5, 5.41) is 6.94. The Morgan fingerprint density at radius 1 is 1.33 bits per heavy atom. The van der Waals surface area contributed by atoms with Crippen molar-refractivity contribution >= 4 is 5.91 Å². The molecule has 6 heteroatoms. The second kappa shape index (κ2) is 6.05. The van der Waals surface area contributed by atoms with Crippen molar-refractivity contribution in [2.75, 3.05) is 6.54 Å². The van der Waals surface area contributed by atoms with Crippen molar-refractivity contribution in [2.24, 2.45) is 5.73 Å². The number of amides is 1. The van der Waals surface area contributed by atoms with Gasteiger partial charge >= 0.3 is 0 Å². The molecule has 0 bridgehead atoms. The molecule has 1 aromatic carbocycles. The Morgan fingerprint density at radius 3 is 2.81 bits per heavy atom. The lowest BCUT2D eigenvalue weighted by atomic mass is 10.0. The Labute approximate surface area is 123 Å². The largest absolute Gasteiger partial charge is 0.366 e. The summed E-state index contributed by atoms with van der Waals surface area (Å²) in [6, 6.07) is 7.78. The van der Waals surface area contributed by atoms with Crippen LogP contribution in [0.4, 0.5) is 0 Å². The van der Waals surface area contributed by atoms with Gasteiger partial charge in [-0.25, -0.2) is 4.98 Å². The molecule has 1 aromatic heterocycles. The highest BCUT2D eigenvalue weighted by Crippen LogP contribution is 2.29. The first-order valence-corrected chi connectivity index (χ1v) is 7.22. The second-order valence-corrected chi connectivity index (χ2v) is 5.41. The van der Waals surface area contributed by atoms with E-state index in [9.17, 15) is 4.79 Å². The van der Waals surface area contributed by atoms with Gasteiger partial charge in [0.25, 0.3) is 0 Å². The standard InChI is InChI=1S/C15H19N5O/c16-14(21)12-6-4-11(5-7-12)9-20-8-2-1-3-13(20)15-17-10-18-19-15/h4-7,10,13H,1-3,8-9H2,(H2,16,21)(H,17,18,19). The van der Waals surface area contributed by atoms with E-state index in [1.54, 1.807) is 18.5 Å². The molecule has 6 nitrogen and oxygen atoms in total. The molecule has 1 fully saturated rings. The van der Waals surface area contributed by atoms with E-state index in [2.05, 4.69) is 20.1 Å². The summed E-state index contributed by atoms with van der Waals surface area (Å²) >= 11 is 0. The molecule has 3 rings (SSSR count). The van der Waals surface area contributed by atoms with E-state index < -0.39 is 0 Å². The summed E-state index contributed by atoms with van der Waals surface area (Å²) < 4.78 is 0. The van der Waals surface area contributed by atoms with Crippen LogP contribution in [0.2, 0.25) is 0 Å². The summed E-state index contributed by atoms with van der Waals surface area (Å²) in [7, 11) is 0. The Balaban J connectivity index is 1.74. The first-order valence-electron chi connectivity index (χ1n) is 7.22. The number of nitrogens with one attached hydrogen (secondary N) is 1. The number of primary amides is 1. The predicted molar refractivity (Wildman–Crippen MR) is 78.3 cm³/mol. The fraction of sp³-hybridized carbons (Fsp3) is 0.400. The van der Waals surface area contributed by atoms with Gasteiger partial charge in [0.05, 0.1) is 6.04 Å². The third-order valence-electron chi connectivity index (χ3n) is 3.99. The zero-order valence-electron chi connectivity index (χ0n) is 11.8. The number of nitrogens with two attached hydrogens (primary N) is 1. The highest BCUT2D eigenvalue weighted by Gasteiger charge is 2.25. The van der Waals surface area contributed by atoms with Crippen LogP contribution in [0.25, 0.3) is 0 Å². The summed E-state index contributed by atoms with van der Waals surface area (Å²) in [5.74, 6) is 0.544. The van der Waals surface area contributed by atoms with Gasteiger partial charge in [0.1, 0.15) is 12.2 Å². The van der Waals surface area contributed by atoms with Crippen molar-refractivity contribution in [3.63, 3.8) is 0 Å². The Bertz CT molecular complexity index is 593. The number of piperidine rings is 1. The van der Waals surface area contributed by atoms with E-state index in [0.717, 1.165) is 25.3 Å². The predicted octanol–water partition coefficient (Wildman–Crippen LogP) is 1.63. The van der Waals surface area contributed by atoms with Gasteiger partial charge in [0.15, 0.2) is 0 Å². The van der Waals surface area contributed by atoms with Crippen LogP contribution in [-0.4, -0.2) is 32.5 Å². The highest BCUT2D eigenvalue weighted by atomic mass is 16.1. The molecule has 1 aliphatic rings. The number of benzene rings is 1. The van der Waals surface area contributed by atoms with Gasteiger partial charge < -0.3 is 5.73 Å². The first-order chi connectivity index (χ1) is 10.2. The van der Waals surface area contributed by atoms with Crippen LogP contribution in [0.5, 0.6) is 0 Å². The maximum Gasteiger partial charge on any atom is 0.248 e. The molecule has 1 amide bonds. The normalized spacial score (nSPS) is 19.5. The van der Waals surface area contributed by atoms with Crippen molar-refractivity contribution in [2.45, 2.75) is 31.8 Å². The molecule has 0 radical (unpaired) electrons. The van der Waals surface area contributed by atoms with Crippen LogP contribution in [0, 0.1) is 0 Å². The molecule has 1 aliphatic heterocycles. The molecule has 3 N–H and O–H groups in total. The summed E-state index contributed by atoms with van der Waals surface area (Å²) in [6.45, 7) is 1.88. The maximum atomic E-state index is 11.1. The summed E-state index contributed by atoms with van der Waals surface area (Å²) in [5.41, 5.74) is 6.98. The van der Waals surface area contributed by atoms with Gasteiger partial charge in [-0.05, 0) is 37.1 Å². The zero-order valence-corrected chi connectivity index (χ0v) is 11.8. The summed E-state index contributed by atoms with van der Waals surface area (Å²) in [4.78, 5) is 17.8. The number of aromatic nitrogens is 3. The molecule has 1 unspecified atom stereocenters. The van der Waals surface area contributed by atoms with E-state index in [4.69, 9.17) is 5.73 Å². The van der Waals surface area contributed by atoms with Crippen molar-refractivity contribution in [3.05, 3.63) is 47.5 Å². The number of carbonyl (C=O) groups excluding carboxylic acids is 1. The maximum absolute atomic E-state index is 11.1. The van der Waals surface area contributed by atoms with E-state index >= 15 is 0 Å². The minimum Gasteiger partial charge on any atom is -0.366 e. The van der Waals surface area contributed by atoms with Crippen molar-refractivity contribution in [3.8, 4) is 0 Å². The minimum atomic E-state index is -0.390. The molecule has 0 saturated carbocycles. The fourth-order valence-electron chi connectivity index (χ4n) is 2.87. The molecular weight excluding hydrogens is 266 g/mol. The van der Waals surface area contributed by atoms with Crippen molar-refractivity contribution in [1.29, 1.82) is 0 Å². The topological polar surface area (TPSA) is 87.9 Å². The molecule has 1 atom stereocenters. The summed E-state index contributed by atoms with van der Waals surface area (Å²) in [6.07, 6.45) is 5.06. The van der Waals surface area contributed by atoms with Crippen LogP contribution in [0.1, 0.15) is 47.1 Å². The van der Waals surface area contributed by atoms with E-state index in [0.29, 0.717) is 5.56 Å². The van der Waals surface area contributed by atoms with Crippen LogP contribution < -0.4 is 5.73 Å². The van der Waals surface area contributed by atoms with Crippen LogP contribution in [-0.2, 0) is 6.54 Å². The SMILES string of the molecule is NC(=O)c1ccc(CN2CCCCC2c2ncn[nH]2)cc1. The first kappa shape index (κ1) is 13.8. The fourth-order valence-corrected chi connectivity index (χ4v) is 2.87. The second-order valence-electron chi connectivity index (χ2n) is 5.41. The number of hydrogen-bond donors (Lipinski definition) is 2. The number of H-pyrrole nitrogens is 1. The third kappa shape index (κ3) is 3.11. The molecular formula is C15H19N5O. The Morgan fingerprint density at radius 2 is 2.14 bits per heavy atom. The monoisotopic (exact) mass is 285 g/mol. The number of carbonyl (C=O) groups is 1. The number of hydrogen-bond acceptors (Lipinski definition) is 4. The van der Waals surface area contributed by atoms with Crippen molar-refractivity contribution < 1.29 is 4.79 Å². The van der Waals surface area contributed by atoms with Crippen molar-refractivity contribution in [1.82, 2.24) is 20.1 Å². The number of nitrogens with zero attached hydrogens (tertiary/aromatic N) is 3. The van der Waals surface area contributed by atoms with Gasteiger partial charge in [-0.2, -0.15) is 5.10 Å². The van der Waals surface area contributed by atoms with Crippen LogP contribution >= 0.6 is 0 Å². The number of likely N-dealkylation sites (tertiary alicyclic amines) is 1. The van der Waals surface area contributed by atoms with Gasteiger partial charge in [0.2, 0.25) is 5.91 Å². The van der Waals surface area contributed by atoms with E-state index in [1.165, 1.54) is 18.4 Å². The molecule has 0 aliphatic carbocycles. The minimum absolute atomic E-state index is 0.289. The molecule has 2 aromatic rings. The molecule has 21 heavy (non-hydrogen) atoms. The molecule has 1 saturated heterocycles. The van der Waals surface area contributed by atoms with Gasteiger partial charge in [0, 0.05) is 12.1 Å². The Kier molecular flexibility index (Phi) is 3.96. The van der Waals surface area contributed by atoms with E-state index in [-0.39, 0.29) is 11.9 Å². The van der Waals surface area contributed by atoms with Crippen LogP contribution in [0.3, 0.4) is 0 Å². The lowest BCUT2D eigenvalue weighted by Crippen LogP contribution is -2.33. The zero-order chi connectivity index (χ0) is 14.7. The molecule has 2 heterocycles. The average Bonchev–Trinajstić information content (AvgIpc) is 3.02. The van der Waals surface area contributed by atoms with Gasteiger partial charge in [-0.15, -0.1) is 0 Å². The third-order valence-corrected chi connectivity index (χ3v) is 3.99. The average molecular weight is 285 g/mol. The Hall–Kier alpha value is -2.21. The highest BCUT2D eigenvalue weighted by molar-refractivity contribution is 5.92.